The molecule has 1 N–H and O–H groups in total. The lowest BCUT2D eigenvalue weighted by Crippen LogP contribution is -2.46. The number of thioether (sulfide) groups is 1. The molecule has 0 aromatic carbocycles. The van der Waals surface area contributed by atoms with Gasteiger partial charge in [0, 0.05) is 12.1 Å². The van der Waals surface area contributed by atoms with Crippen molar-refractivity contribution < 1.29 is 0 Å². The fourth-order valence-electron chi connectivity index (χ4n) is 3.92. The summed E-state index contributed by atoms with van der Waals surface area (Å²) in [6.07, 6.45) is 9.73. The van der Waals surface area contributed by atoms with Crippen molar-refractivity contribution in [3.8, 4) is 0 Å². The van der Waals surface area contributed by atoms with Crippen molar-refractivity contribution in [2.24, 2.45) is 17.3 Å². The second kappa shape index (κ2) is 5.13. The lowest BCUT2D eigenvalue weighted by Gasteiger charge is -2.40. The van der Waals surface area contributed by atoms with Gasteiger partial charge >= 0.3 is 0 Å². The molecule has 0 amide bonds. The molecule has 1 nitrogen and oxygen atoms in total. The number of rotatable bonds is 5. The van der Waals surface area contributed by atoms with Crippen molar-refractivity contribution in [3.05, 3.63) is 0 Å². The van der Waals surface area contributed by atoms with E-state index >= 15 is 0 Å². The molecule has 2 fully saturated rings. The van der Waals surface area contributed by atoms with E-state index in [1.165, 1.54) is 44.4 Å². The summed E-state index contributed by atoms with van der Waals surface area (Å²) in [5, 5.41) is 3.79. The van der Waals surface area contributed by atoms with Crippen LogP contribution in [0, 0.1) is 17.3 Å². The summed E-state index contributed by atoms with van der Waals surface area (Å²) in [6.45, 7) is 8.13. The zero-order valence-corrected chi connectivity index (χ0v) is 12.8. The summed E-state index contributed by atoms with van der Waals surface area (Å²) in [7, 11) is 0. The van der Waals surface area contributed by atoms with Crippen molar-refractivity contribution >= 4 is 11.8 Å². The van der Waals surface area contributed by atoms with Crippen molar-refractivity contribution in [1.82, 2.24) is 5.32 Å². The first kappa shape index (κ1) is 13.7. The molecular weight excluding hydrogens is 226 g/mol. The Labute approximate surface area is 112 Å². The standard InChI is InChI=1S/C15H29NS/c1-14(2,3)16-11-15(7-8-17-4)10-12-5-6-13(15)9-12/h12-13,16H,5-11H2,1-4H3. The highest BCUT2D eigenvalue weighted by Gasteiger charge is 2.50. The molecule has 100 valence electrons. The second-order valence-electron chi connectivity index (χ2n) is 7.29. The molecule has 2 aliphatic carbocycles. The van der Waals surface area contributed by atoms with Gasteiger partial charge in [-0.1, -0.05) is 6.42 Å². The van der Waals surface area contributed by atoms with Crippen LogP contribution in [-0.4, -0.2) is 24.1 Å². The molecule has 0 radical (unpaired) electrons. The third-order valence-electron chi connectivity index (χ3n) is 4.88. The van der Waals surface area contributed by atoms with Gasteiger partial charge in [0.2, 0.25) is 0 Å². The maximum absolute atomic E-state index is 3.79. The van der Waals surface area contributed by atoms with Gasteiger partial charge in [-0.3, -0.25) is 0 Å². The first-order chi connectivity index (χ1) is 7.95. The van der Waals surface area contributed by atoms with E-state index in [0.717, 1.165) is 11.8 Å². The summed E-state index contributed by atoms with van der Waals surface area (Å²) < 4.78 is 0. The van der Waals surface area contributed by atoms with Gasteiger partial charge in [0.15, 0.2) is 0 Å². The van der Waals surface area contributed by atoms with Crippen molar-refractivity contribution in [1.29, 1.82) is 0 Å². The van der Waals surface area contributed by atoms with Gasteiger partial charge in [-0.05, 0) is 75.7 Å². The Morgan fingerprint density at radius 3 is 2.53 bits per heavy atom. The van der Waals surface area contributed by atoms with Gasteiger partial charge in [-0.25, -0.2) is 0 Å². The van der Waals surface area contributed by atoms with Gasteiger partial charge in [-0.15, -0.1) is 0 Å². The van der Waals surface area contributed by atoms with E-state index in [0.29, 0.717) is 5.41 Å². The summed E-state index contributed by atoms with van der Waals surface area (Å²) in [5.41, 5.74) is 0.910. The van der Waals surface area contributed by atoms with Gasteiger partial charge in [-0.2, -0.15) is 11.8 Å². The second-order valence-corrected chi connectivity index (χ2v) is 8.27. The molecule has 3 unspecified atom stereocenters. The molecule has 3 atom stereocenters. The molecule has 2 heteroatoms. The monoisotopic (exact) mass is 255 g/mol. The topological polar surface area (TPSA) is 12.0 Å². The Bertz CT molecular complexity index is 258. The van der Waals surface area contributed by atoms with Gasteiger partial charge < -0.3 is 5.32 Å². The van der Waals surface area contributed by atoms with Crippen LogP contribution in [0.3, 0.4) is 0 Å². The number of fused-ring (bicyclic) bond motifs is 2. The van der Waals surface area contributed by atoms with Crippen LogP contribution in [-0.2, 0) is 0 Å². The Kier molecular flexibility index (Phi) is 4.14. The highest BCUT2D eigenvalue weighted by atomic mass is 32.2. The van der Waals surface area contributed by atoms with E-state index in [1.54, 1.807) is 0 Å². The Morgan fingerprint density at radius 1 is 1.29 bits per heavy atom. The third kappa shape index (κ3) is 3.20. The van der Waals surface area contributed by atoms with Crippen LogP contribution in [0.5, 0.6) is 0 Å². The largest absolute Gasteiger partial charge is 0.312 e. The lowest BCUT2D eigenvalue weighted by molar-refractivity contribution is 0.139. The van der Waals surface area contributed by atoms with Crippen LogP contribution >= 0.6 is 11.8 Å². The number of hydrogen-bond acceptors (Lipinski definition) is 2. The normalized spacial score (nSPS) is 36.7. The summed E-state index contributed by atoms with van der Waals surface area (Å²) >= 11 is 2.02. The first-order valence-corrected chi connectivity index (χ1v) is 8.58. The molecule has 2 rings (SSSR count). The molecule has 2 saturated carbocycles. The van der Waals surface area contributed by atoms with E-state index in [-0.39, 0.29) is 5.54 Å². The molecule has 2 bridgehead atoms. The highest BCUT2D eigenvalue weighted by Crippen LogP contribution is 2.57. The van der Waals surface area contributed by atoms with Crippen LogP contribution in [0.2, 0.25) is 0 Å². The third-order valence-corrected chi connectivity index (χ3v) is 5.49. The lowest BCUT2D eigenvalue weighted by atomic mass is 9.71. The minimum atomic E-state index is 0.272. The van der Waals surface area contributed by atoms with Crippen LogP contribution in [0.15, 0.2) is 0 Å². The Morgan fingerprint density at radius 2 is 2.06 bits per heavy atom. The van der Waals surface area contributed by atoms with E-state index in [4.69, 9.17) is 0 Å². The molecule has 0 heterocycles. The highest BCUT2D eigenvalue weighted by molar-refractivity contribution is 7.98. The average Bonchev–Trinajstić information content (AvgIpc) is 2.83. The van der Waals surface area contributed by atoms with Crippen molar-refractivity contribution in [2.45, 2.75) is 58.4 Å². The molecule has 0 saturated heterocycles. The van der Waals surface area contributed by atoms with Gasteiger partial charge in [0.25, 0.3) is 0 Å². The minimum Gasteiger partial charge on any atom is -0.312 e. The summed E-state index contributed by atoms with van der Waals surface area (Å²) in [5.74, 6) is 3.42. The summed E-state index contributed by atoms with van der Waals surface area (Å²) in [6, 6.07) is 0. The zero-order valence-electron chi connectivity index (χ0n) is 12.0. The fourth-order valence-corrected chi connectivity index (χ4v) is 4.53. The predicted molar refractivity (Wildman–Crippen MR) is 78.6 cm³/mol. The Hall–Kier alpha value is 0.310. The van der Waals surface area contributed by atoms with E-state index < -0.39 is 0 Å². The predicted octanol–water partition coefficient (Wildman–Crippen LogP) is 3.93. The van der Waals surface area contributed by atoms with Crippen LogP contribution in [0.4, 0.5) is 0 Å². The molecule has 0 aromatic heterocycles. The van der Waals surface area contributed by atoms with Gasteiger partial charge in [0.1, 0.15) is 0 Å². The van der Waals surface area contributed by atoms with Gasteiger partial charge in [0.05, 0.1) is 0 Å². The zero-order chi connectivity index (χ0) is 12.5. The number of hydrogen-bond donors (Lipinski definition) is 1. The van der Waals surface area contributed by atoms with Crippen LogP contribution in [0.1, 0.15) is 52.9 Å². The SMILES string of the molecule is CSCCC1(CNC(C)(C)C)CC2CCC1C2. The molecule has 17 heavy (non-hydrogen) atoms. The fraction of sp³-hybridized carbons (Fsp3) is 1.00. The van der Waals surface area contributed by atoms with E-state index in [2.05, 4.69) is 32.3 Å². The maximum Gasteiger partial charge on any atom is 0.00967 e. The van der Waals surface area contributed by atoms with Crippen molar-refractivity contribution in [2.75, 3.05) is 18.6 Å². The molecular formula is C15H29NS. The van der Waals surface area contributed by atoms with E-state index in [1.807, 2.05) is 11.8 Å². The molecule has 2 aliphatic rings. The smallest absolute Gasteiger partial charge is 0.00967 e. The Balaban J connectivity index is 1.98. The first-order valence-electron chi connectivity index (χ1n) is 7.19. The quantitative estimate of drug-likeness (QED) is 0.799. The molecule has 0 spiro atoms. The van der Waals surface area contributed by atoms with Crippen LogP contribution in [0.25, 0.3) is 0 Å². The summed E-state index contributed by atoms with van der Waals surface area (Å²) in [4.78, 5) is 0. The minimum absolute atomic E-state index is 0.272. The average molecular weight is 255 g/mol. The molecule has 0 aromatic rings. The van der Waals surface area contributed by atoms with E-state index in [9.17, 15) is 0 Å². The maximum atomic E-state index is 3.79. The van der Waals surface area contributed by atoms with Crippen molar-refractivity contribution in [3.63, 3.8) is 0 Å². The molecule has 0 aliphatic heterocycles. The van der Waals surface area contributed by atoms with Crippen LogP contribution < -0.4 is 5.32 Å². The number of nitrogens with one attached hydrogen (secondary N) is 1.